The largest absolute Gasteiger partial charge is 0.416 e. The van der Waals surface area contributed by atoms with Crippen LogP contribution in [-0.2, 0) is 11.6 Å². The summed E-state index contributed by atoms with van der Waals surface area (Å²) in [5, 5.41) is 1.39. The molecule has 0 bridgehead atoms. The second-order valence-electron chi connectivity index (χ2n) is 5.36. The van der Waals surface area contributed by atoms with E-state index >= 15 is 0 Å². The smallest absolute Gasteiger partial charge is 0.330 e. The van der Waals surface area contributed by atoms with E-state index < -0.39 is 11.7 Å². The van der Waals surface area contributed by atoms with Gasteiger partial charge in [-0.05, 0) is 28.5 Å². The summed E-state index contributed by atoms with van der Waals surface area (Å²) in [5.74, 6) is 0. The third-order valence-corrected chi connectivity index (χ3v) is 3.46. The zero-order chi connectivity index (χ0) is 14.3. The molecule has 2 aromatic rings. The van der Waals surface area contributed by atoms with Gasteiger partial charge < -0.3 is 5.73 Å². The van der Waals surface area contributed by atoms with E-state index in [-0.39, 0.29) is 5.41 Å². The molecule has 0 amide bonds. The standard InChI is InChI=1S/C15H16F3N/c1-14(2,9-19)12-5-3-11-8-13(15(16,17)18)6-4-10(11)7-12/h3-8H,9,19H2,1-2H3. The monoisotopic (exact) mass is 267 g/mol. The molecule has 19 heavy (non-hydrogen) atoms. The van der Waals surface area contributed by atoms with E-state index in [0.717, 1.165) is 17.0 Å². The van der Waals surface area contributed by atoms with Gasteiger partial charge in [-0.3, -0.25) is 0 Å². The molecule has 0 aromatic heterocycles. The number of alkyl halides is 3. The Hall–Kier alpha value is -1.55. The lowest BCUT2D eigenvalue weighted by atomic mass is 9.84. The highest BCUT2D eigenvalue weighted by Gasteiger charge is 2.30. The highest BCUT2D eigenvalue weighted by molar-refractivity contribution is 5.84. The van der Waals surface area contributed by atoms with Crippen LogP contribution in [0.5, 0.6) is 0 Å². The summed E-state index contributed by atoms with van der Waals surface area (Å²) >= 11 is 0. The molecule has 2 rings (SSSR count). The zero-order valence-corrected chi connectivity index (χ0v) is 10.9. The third-order valence-electron chi connectivity index (χ3n) is 3.46. The van der Waals surface area contributed by atoms with Crippen LogP contribution in [0, 0.1) is 0 Å². The summed E-state index contributed by atoms with van der Waals surface area (Å²) in [5.41, 5.74) is 5.94. The summed E-state index contributed by atoms with van der Waals surface area (Å²) < 4.78 is 37.9. The van der Waals surface area contributed by atoms with Crippen molar-refractivity contribution < 1.29 is 13.2 Å². The molecule has 2 aromatic carbocycles. The van der Waals surface area contributed by atoms with Crippen molar-refractivity contribution in [1.29, 1.82) is 0 Å². The predicted molar refractivity (Wildman–Crippen MR) is 71.0 cm³/mol. The first-order valence-corrected chi connectivity index (χ1v) is 6.05. The van der Waals surface area contributed by atoms with Crippen molar-refractivity contribution >= 4 is 10.8 Å². The van der Waals surface area contributed by atoms with Crippen molar-refractivity contribution in [1.82, 2.24) is 0 Å². The molecule has 0 spiro atoms. The minimum absolute atomic E-state index is 0.184. The van der Waals surface area contributed by atoms with Crippen LogP contribution < -0.4 is 5.73 Å². The lowest BCUT2D eigenvalue weighted by Gasteiger charge is -2.23. The van der Waals surface area contributed by atoms with Crippen molar-refractivity contribution in [3.63, 3.8) is 0 Å². The molecule has 0 fully saturated rings. The van der Waals surface area contributed by atoms with Crippen LogP contribution in [0.25, 0.3) is 10.8 Å². The van der Waals surface area contributed by atoms with Gasteiger partial charge in [0.05, 0.1) is 5.56 Å². The third kappa shape index (κ3) is 2.73. The maximum absolute atomic E-state index is 12.6. The van der Waals surface area contributed by atoms with E-state index in [1.807, 2.05) is 26.0 Å². The number of hydrogen-bond acceptors (Lipinski definition) is 1. The van der Waals surface area contributed by atoms with E-state index in [4.69, 9.17) is 5.73 Å². The van der Waals surface area contributed by atoms with Crippen LogP contribution in [-0.4, -0.2) is 6.54 Å². The summed E-state index contributed by atoms with van der Waals surface area (Å²) in [6.45, 7) is 4.51. The van der Waals surface area contributed by atoms with Gasteiger partial charge in [0, 0.05) is 12.0 Å². The molecule has 0 saturated carbocycles. The van der Waals surface area contributed by atoms with E-state index in [1.165, 1.54) is 12.1 Å². The highest BCUT2D eigenvalue weighted by atomic mass is 19.4. The highest BCUT2D eigenvalue weighted by Crippen LogP contribution is 2.32. The van der Waals surface area contributed by atoms with Crippen molar-refractivity contribution in [3.8, 4) is 0 Å². The SMILES string of the molecule is CC(C)(CN)c1ccc2cc(C(F)(F)F)ccc2c1. The Kier molecular flexibility index (Phi) is 3.31. The average molecular weight is 267 g/mol. The van der Waals surface area contributed by atoms with Gasteiger partial charge in [0.15, 0.2) is 0 Å². The van der Waals surface area contributed by atoms with E-state index in [1.54, 1.807) is 6.07 Å². The number of nitrogens with two attached hydrogens (primary N) is 1. The topological polar surface area (TPSA) is 26.0 Å². The Morgan fingerprint density at radius 3 is 1.84 bits per heavy atom. The summed E-state index contributed by atoms with van der Waals surface area (Å²) in [6.07, 6.45) is -4.30. The maximum atomic E-state index is 12.6. The van der Waals surface area contributed by atoms with Gasteiger partial charge in [-0.2, -0.15) is 13.2 Å². The molecule has 0 heterocycles. The molecule has 0 saturated heterocycles. The minimum atomic E-state index is -4.30. The summed E-state index contributed by atoms with van der Waals surface area (Å²) in [7, 11) is 0. The molecular weight excluding hydrogens is 251 g/mol. The molecule has 0 aliphatic rings. The maximum Gasteiger partial charge on any atom is 0.416 e. The van der Waals surface area contributed by atoms with E-state index in [9.17, 15) is 13.2 Å². The second-order valence-corrected chi connectivity index (χ2v) is 5.36. The van der Waals surface area contributed by atoms with Gasteiger partial charge in [0.2, 0.25) is 0 Å². The lowest BCUT2D eigenvalue weighted by molar-refractivity contribution is -0.137. The van der Waals surface area contributed by atoms with Gasteiger partial charge in [-0.25, -0.2) is 0 Å². The van der Waals surface area contributed by atoms with Crippen LogP contribution in [0.1, 0.15) is 25.0 Å². The van der Waals surface area contributed by atoms with Gasteiger partial charge in [-0.15, -0.1) is 0 Å². The van der Waals surface area contributed by atoms with Gasteiger partial charge in [0.1, 0.15) is 0 Å². The second kappa shape index (κ2) is 4.53. The number of benzene rings is 2. The summed E-state index contributed by atoms with van der Waals surface area (Å²) in [6, 6.07) is 9.26. The van der Waals surface area contributed by atoms with Crippen LogP contribution >= 0.6 is 0 Å². The molecular formula is C15H16F3N. The molecule has 0 aliphatic carbocycles. The minimum Gasteiger partial charge on any atom is -0.330 e. The number of hydrogen-bond donors (Lipinski definition) is 1. The van der Waals surface area contributed by atoms with Crippen molar-refractivity contribution in [2.45, 2.75) is 25.4 Å². The molecule has 0 aliphatic heterocycles. The van der Waals surface area contributed by atoms with Crippen LogP contribution in [0.2, 0.25) is 0 Å². The normalized spacial score (nSPS) is 12.9. The fraction of sp³-hybridized carbons (Fsp3) is 0.333. The predicted octanol–water partition coefficient (Wildman–Crippen LogP) is 4.09. The number of halogens is 3. The van der Waals surface area contributed by atoms with Crippen molar-refractivity contribution in [2.24, 2.45) is 5.73 Å². The lowest BCUT2D eigenvalue weighted by Crippen LogP contribution is -2.27. The van der Waals surface area contributed by atoms with Gasteiger partial charge in [-0.1, -0.05) is 38.1 Å². The van der Waals surface area contributed by atoms with Crippen molar-refractivity contribution in [2.75, 3.05) is 6.54 Å². The number of fused-ring (bicyclic) bond motifs is 1. The van der Waals surface area contributed by atoms with Crippen molar-refractivity contribution in [3.05, 3.63) is 47.5 Å². The Labute approximate surface area is 110 Å². The Balaban J connectivity index is 2.53. The fourth-order valence-electron chi connectivity index (χ4n) is 1.96. The quantitative estimate of drug-likeness (QED) is 0.871. The molecule has 0 radical (unpaired) electrons. The molecule has 102 valence electrons. The number of rotatable bonds is 2. The summed E-state index contributed by atoms with van der Waals surface area (Å²) in [4.78, 5) is 0. The first-order valence-electron chi connectivity index (χ1n) is 6.05. The average Bonchev–Trinajstić information content (AvgIpc) is 2.36. The fourth-order valence-corrected chi connectivity index (χ4v) is 1.96. The molecule has 0 atom stereocenters. The Bertz CT molecular complexity index is 600. The van der Waals surface area contributed by atoms with Crippen LogP contribution in [0.4, 0.5) is 13.2 Å². The van der Waals surface area contributed by atoms with E-state index in [0.29, 0.717) is 11.9 Å². The Morgan fingerprint density at radius 1 is 0.895 bits per heavy atom. The first-order chi connectivity index (χ1) is 8.74. The van der Waals surface area contributed by atoms with E-state index in [2.05, 4.69) is 0 Å². The Morgan fingerprint density at radius 2 is 1.37 bits per heavy atom. The zero-order valence-electron chi connectivity index (χ0n) is 10.9. The van der Waals surface area contributed by atoms with Gasteiger partial charge >= 0.3 is 6.18 Å². The first kappa shape index (κ1) is 13.9. The molecule has 1 nitrogen and oxygen atoms in total. The van der Waals surface area contributed by atoms with Gasteiger partial charge in [0.25, 0.3) is 0 Å². The van der Waals surface area contributed by atoms with Crippen LogP contribution in [0.15, 0.2) is 36.4 Å². The molecule has 0 unspecified atom stereocenters. The molecule has 2 N–H and O–H groups in total. The van der Waals surface area contributed by atoms with Crippen LogP contribution in [0.3, 0.4) is 0 Å². The molecule has 4 heteroatoms.